The van der Waals surface area contributed by atoms with Crippen LogP contribution in [0.5, 0.6) is 0 Å². The van der Waals surface area contributed by atoms with Crippen LogP contribution in [0.2, 0.25) is 0 Å². The van der Waals surface area contributed by atoms with Crippen LogP contribution in [0.3, 0.4) is 0 Å². The van der Waals surface area contributed by atoms with Gasteiger partial charge in [0.15, 0.2) is 5.17 Å². The minimum Gasteiger partial charge on any atom is -0.360 e. The zero-order valence-corrected chi connectivity index (χ0v) is 12.4. The molecule has 18 heavy (non-hydrogen) atoms. The monoisotopic (exact) mass is 267 g/mol. The highest BCUT2D eigenvalue weighted by molar-refractivity contribution is 8.13. The van der Waals surface area contributed by atoms with Crippen LogP contribution in [-0.2, 0) is 0 Å². The SMILES string of the molecule is CCC1(C)CCSC(=NC2CCN(C3CC3)C2)N1. The van der Waals surface area contributed by atoms with Crippen LogP contribution in [0.1, 0.15) is 46.0 Å². The molecule has 2 heterocycles. The number of nitrogens with one attached hydrogen (secondary N) is 1. The summed E-state index contributed by atoms with van der Waals surface area (Å²) in [6.45, 7) is 7.06. The van der Waals surface area contributed by atoms with Gasteiger partial charge in [0, 0.05) is 30.4 Å². The number of amidine groups is 1. The molecule has 0 bridgehead atoms. The Morgan fingerprint density at radius 1 is 1.44 bits per heavy atom. The molecule has 3 aliphatic rings. The molecule has 2 atom stereocenters. The first-order chi connectivity index (χ1) is 8.68. The molecule has 3 nitrogen and oxygen atoms in total. The zero-order chi connectivity index (χ0) is 12.6. The van der Waals surface area contributed by atoms with Gasteiger partial charge in [0.2, 0.25) is 0 Å². The van der Waals surface area contributed by atoms with E-state index in [1.807, 2.05) is 11.8 Å². The third kappa shape index (κ3) is 2.85. The van der Waals surface area contributed by atoms with Crippen LogP contribution in [0, 0.1) is 0 Å². The molecule has 1 N–H and O–H groups in total. The fourth-order valence-electron chi connectivity index (χ4n) is 2.88. The molecular weight excluding hydrogens is 242 g/mol. The summed E-state index contributed by atoms with van der Waals surface area (Å²) in [5.41, 5.74) is 0.277. The Labute approximate surface area is 115 Å². The summed E-state index contributed by atoms with van der Waals surface area (Å²) < 4.78 is 0. The maximum Gasteiger partial charge on any atom is 0.157 e. The molecule has 3 rings (SSSR count). The number of hydrogen-bond acceptors (Lipinski definition) is 3. The highest BCUT2D eigenvalue weighted by atomic mass is 32.2. The lowest BCUT2D eigenvalue weighted by molar-refractivity contribution is 0.324. The molecule has 0 aromatic carbocycles. The topological polar surface area (TPSA) is 27.6 Å². The van der Waals surface area contributed by atoms with Gasteiger partial charge in [0.1, 0.15) is 0 Å². The lowest BCUT2D eigenvalue weighted by Gasteiger charge is -2.35. The molecular formula is C14H25N3S. The molecule has 4 heteroatoms. The van der Waals surface area contributed by atoms with Crippen LogP contribution in [0.25, 0.3) is 0 Å². The van der Waals surface area contributed by atoms with Crippen molar-refractivity contribution in [3.8, 4) is 0 Å². The first-order valence-corrected chi connectivity index (χ1v) is 8.40. The number of aliphatic imine (C=N–C) groups is 1. The third-order valence-electron chi connectivity index (χ3n) is 4.64. The lowest BCUT2D eigenvalue weighted by atomic mass is 9.96. The second-order valence-corrected chi connectivity index (χ2v) is 7.32. The van der Waals surface area contributed by atoms with Gasteiger partial charge in [-0.15, -0.1) is 0 Å². The first-order valence-electron chi connectivity index (χ1n) is 7.41. The quantitative estimate of drug-likeness (QED) is 0.851. The van der Waals surface area contributed by atoms with Crippen LogP contribution >= 0.6 is 11.8 Å². The lowest BCUT2D eigenvalue weighted by Crippen LogP contribution is -2.48. The molecule has 2 saturated heterocycles. The normalized spacial score (nSPS) is 40.1. The van der Waals surface area contributed by atoms with E-state index in [9.17, 15) is 0 Å². The fraction of sp³-hybridized carbons (Fsp3) is 0.929. The Balaban J connectivity index is 1.58. The number of likely N-dealkylation sites (tertiary alicyclic amines) is 1. The van der Waals surface area contributed by atoms with Crippen molar-refractivity contribution in [2.75, 3.05) is 18.8 Å². The van der Waals surface area contributed by atoms with E-state index in [0.717, 1.165) is 6.04 Å². The van der Waals surface area contributed by atoms with Gasteiger partial charge in [0.25, 0.3) is 0 Å². The molecule has 0 aromatic heterocycles. The van der Waals surface area contributed by atoms with E-state index < -0.39 is 0 Å². The fourth-order valence-corrected chi connectivity index (χ4v) is 4.16. The number of rotatable bonds is 3. The van der Waals surface area contributed by atoms with E-state index in [4.69, 9.17) is 4.99 Å². The summed E-state index contributed by atoms with van der Waals surface area (Å²) in [7, 11) is 0. The largest absolute Gasteiger partial charge is 0.360 e. The Hall–Kier alpha value is -0.220. The van der Waals surface area contributed by atoms with Gasteiger partial charge in [0.05, 0.1) is 6.04 Å². The van der Waals surface area contributed by atoms with Crippen molar-refractivity contribution >= 4 is 16.9 Å². The summed E-state index contributed by atoms with van der Waals surface area (Å²) >= 11 is 1.91. The molecule has 0 radical (unpaired) electrons. The zero-order valence-electron chi connectivity index (χ0n) is 11.6. The van der Waals surface area contributed by atoms with E-state index in [0.29, 0.717) is 6.04 Å². The van der Waals surface area contributed by atoms with E-state index >= 15 is 0 Å². The van der Waals surface area contributed by atoms with Gasteiger partial charge in [-0.05, 0) is 39.0 Å². The Morgan fingerprint density at radius 2 is 2.28 bits per heavy atom. The molecule has 2 unspecified atom stereocenters. The maximum absolute atomic E-state index is 4.97. The number of nitrogens with zero attached hydrogens (tertiary/aromatic N) is 2. The molecule has 102 valence electrons. The van der Waals surface area contributed by atoms with Crippen LogP contribution in [-0.4, -0.2) is 46.5 Å². The van der Waals surface area contributed by atoms with Crippen molar-refractivity contribution in [1.29, 1.82) is 0 Å². The van der Waals surface area contributed by atoms with Gasteiger partial charge in [-0.1, -0.05) is 18.7 Å². The second-order valence-electron chi connectivity index (χ2n) is 6.24. The molecule has 0 amide bonds. The van der Waals surface area contributed by atoms with E-state index in [1.165, 1.54) is 56.1 Å². The van der Waals surface area contributed by atoms with Crippen LogP contribution in [0.15, 0.2) is 4.99 Å². The van der Waals surface area contributed by atoms with Crippen molar-refractivity contribution < 1.29 is 0 Å². The minimum atomic E-state index is 0.277. The summed E-state index contributed by atoms with van der Waals surface area (Å²) in [6.07, 6.45) is 6.54. The van der Waals surface area contributed by atoms with Crippen molar-refractivity contribution in [3.63, 3.8) is 0 Å². The summed E-state index contributed by atoms with van der Waals surface area (Å²) in [5, 5.41) is 4.86. The molecule has 1 saturated carbocycles. The Kier molecular flexibility index (Phi) is 3.59. The summed E-state index contributed by atoms with van der Waals surface area (Å²) in [6, 6.07) is 1.45. The van der Waals surface area contributed by atoms with Gasteiger partial charge in [-0.25, -0.2) is 0 Å². The van der Waals surface area contributed by atoms with Crippen molar-refractivity contribution in [3.05, 3.63) is 0 Å². The molecule has 1 aliphatic carbocycles. The standard InChI is InChI=1S/C14H25N3S/c1-3-14(2)7-9-18-13(16-14)15-11-6-8-17(10-11)12-4-5-12/h11-12H,3-10H2,1-2H3,(H,15,16). The van der Waals surface area contributed by atoms with Gasteiger partial charge >= 0.3 is 0 Å². The van der Waals surface area contributed by atoms with Gasteiger partial charge in [-0.3, -0.25) is 9.89 Å². The number of thioether (sulfide) groups is 1. The summed E-state index contributed by atoms with van der Waals surface area (Å²) in [5.74, 6) is 1.22. The average molecular weight is 267 g/mol. The van der Waals surface area contributed by atoms with Crippen molar-refractivity contribution in [2.24, 2.45) is 4.99 Å². The average Bonchev–Trinajstić information content (AvgIpc) is 3.11. The third-order valence-corrected chi connectivity index (χ3v) is 5.53. The smallest absolute Gasteiger partial charge is 0.157 e. The van der Waals surface area contributed by atoms with E-state index in [-0.39, 0.29) is 5.54 Å². The molecule has 0 spiro atoms. The molecule has 2 aliphatic heterocycles. The highest BCUT2D eigenvalue weighted by Crippen LogP contribution is 2.31. The first kappa shape index (κ1) is 12.8. The second kappa shape index (κ2) is 5.04. The highest BCUT2D eigenvalue weighted by Gasteiger charge is 2.35. The van der Waals surface area contributed by atoms with Crippen LogP contribution < -0.4 is 5.32 Å². The Morgan fingerprint density at radius 3 is 3.00 bits per heavy atom. The van der Waals surface area contributed by atoms with Crippen LogP contribution in [0.4, 0.5) is 0 Å². The summed E-state index contributed by atoms with van der Waals surface area (Å²) in [4.78, 5) is 7.61. The van der Waals surface area contributed by atoms with E-state index in [2.05, 4.69) is 24.1 Å². The molecule has 3 fully saturated rings. The van der Waals surface area contributed by atoms with Gasteiger partial charge < -0.3 is 5.32 Å². The van der Waals surface area contributed by atoms with Crippen molar-refractivity contribution in [2.45, 2.75) is 63.6 Å². The molecule has 0 aromatic rings. The maximum atomic E-state index is 4.97. The minimum absolute atomic E-state index is 0.277. The number of hydrogen-bond donors (Lipinski definition) is 1. The van der Waals surface area contributed by atoms with E-state index in [1.54, 1.807) is 0 Å². The predicted molar refractivity (Wildman–Crippen MR) is 79.3 cm³/mol. The van der Waals surface area contributed by atoms with Crippen molar-refractivity contribution in [1.82, 2.24) is 10.2 Å². The predicted octanol–water partition coefficient (Wildman–Crippen LogP) is 2.47. The van der Waals surface area contributed by atoms with Gasteiger partial charge in [-0.2, -0.15) is 0 Å². The Bertz CT molecular complexity index is 340.